The van der Waals surface area contributed by atoms with E-state index in [9.17, 15) is 18.0 Å². The van der Waals surface area contributed by atoms with Gasteiger partial charge >= 0.3 is 6.36 Å². The first-order chi connectivity index (χ1) is 12.9. The number of halogens is 3. The third-order valence-electron chi connectivity index (χ3n) is 5.14. The van der Waals surface area contributed by atoms with Gasteiger partial charge in [0, 0.05) is 18.5 Å². The van der Waals surface area contributed by atoms with E-state index in [1.54, 1.807) is 21.9 Å². The summed E-state index contributed by atoms with van der Waals surface area (Å²) in [5.74, 6) is 1.11. The van der Waals surface area contributed by atoms with E-state index >= 15 is 0 Å². The highest BCUT2D eigenvalue weighted by Gasteiger charge is 2.53. The molecule has 27 heavy (non-hydrogen) atoms. The minimum atomic E-state index is -4.74. The zero-order valence-corrected chi connectivity index (χ0v) is 15.1. The first-order valence-corrected chi connectivity index (χ1v) is 9.58. The Hall–Kier alpha value is -2.13. The predicted octanol–water partition coefficient (Wildman–Crippen LogP) is 3.15. The lowest BCUT2D eigenvalue weighted by Gasteiger charge is -2.23. The number of carbonyl (C=O) groups excluding carboxylic acids is 1. The number of hydrogen-bond donors (Lipinski definition) is 1. The summed E-state index contributed by atoms with van der Waals surface area (Å²) in [6.45, 7) is 2.72. The molecule has 0 bridgehead atoms. The van der Waals surface area contributed by atoms with Crippen molar-refractivity contribution in [3.8, 4) is 5.75 Å². The fraction of sp³-hybridized carbons (Fsp3) is 0.444. The van der Waals surface area contributed by atoms with Crippen LogP contribution in [-0.2, 0) is 6.54 Å². The topological polar surface area (TPSA) is 54.5 Å². The van der Waals surface area contributed by atoms with Gasteiger partial charge in [0.1, 0.15) is 11.4 Å². The van der Waals surface area contributed by atoms with E-state index in [-0.39, 0.29) is 18.2 Å². The maximum absolute atomic E-state index is 12.9. The molecule has 1 saturated carbocycles. The van der Waals surface area contributed by atoms with Crippen LogP contribution in [0.15, 0.2) is 35.2 Å². The summed E-state index contributed by atoms with van der Waals surface area (Å²) < 4.78 is 41.4. The third-order valence-corrected chi connectivity index (χ3v) is 5.73. The van der Waals surface area contributed by atoms with Crippen molar-refractivity contribution in [2.75, 3.05) is 19.6 Å². The first kappa shape index (κ1) is 18.2. The molecule has 1 saturated heterocycles. The van der Waals surface area contributed by atoms with Crippen molar-refractivity contribution in [2.24, 2.45) is 17.8 Å². The van der Waals surface area contributed by atoms with Gasteiger partial charge in [0.2, 0.25) is 0 Å². The minimum Gasteiger partial charge on any atom is -0.406 e. The average Bonchev–Trinajstić information content (AvgIpc) is 3.06. The van der Waals surface area contributed by atoms with E-state index in [1.165, 1.54) is 29.5 Å². The van der Waals surface area contributed by atoms with Crippen LogP contribution in [-0.4, -0.2) is 41.8 Å². The molecule has 2 fully saturated rings. The minimum absolute atomic E-state index is 0.198. The predicted molar refractivity (Wildman–Crippen MR) is 93.3 cm³/mol. The van der Waals surface area contributed by atoms with Crippen LogP contribution in [0, 0.1) is 17.8 Å². The van der Waals surface area contributed by atoms with Crippen molar-refractivity contribution in [1.82, 2.24) is 15.2 Å². The Morgan fingerprint density at radius 2 is 2.11 bits per heavy atom. The monoisotopic (exact) mass is 397 g/mol. The number of amides is 1. The molecule has 5 nitrogen and oxygen atoms in total. The number of nitrogens with one attached hydrogen (secondary N) is 1. The molecule has 2 aliphatic rings. The van der Waals surface area contributed by atoms with E-state index < -0.39 is 6.36 Å². The van der Waals surface area contributed by atoms with E-state index in [0.717, 1.165) is 13.1 Å². The number of thiazole rings is 1. The third kappa shape index (κ3) is 4.24. The van der Waals surface area contributed by atoms with Crippen molar-refractivity contribution < 1.29 is 22.7 Å². The number of benzene rings is 1. The second kappa shape index (κ2) is 7.12. The van der Waals surface area contributed by atoms with Gasteiger partial charge in [0.05, 0.1) is 5.51 Å². The van der Waals surface area contributed by atoms with Crippen molar-refractivity contribution in [3.63, 3.8) is 0 Å². The van der Waals surface area contributed by atoms with Crippen LogP contribution in [0.3, 0.4) is 0 Å². The largest absolute Gasteiger partial charge is 0.573 e. The highest BCUT2D eigenvalue weighted by Crippen LogP contribution is 2.49. The summed E-state index contributed by atoms with van der Waals surface area (Å²) in [7, 11) is 0. The number of aromatic nitrogens is 1. The van der Waals surface area contributed by atoms with Gasteiger partial charge in [-0.2, -0.15) is 0 Å². The second-order valence-electron chi connectivity index (χ2n) is 6.90. The number of hydrogen-bond acceptors (Lipinski definition) is 5. The van der Waals surface area contributed by atoms with Gasteiger partial charge in [-0.1, -0.05) is 12.1 Å². The number of carbonyl (C=O) groups is 1. The molecule has 2 atom stereocenters. The Balaban J connectivity index is 1.50. The van der Waals surface area contributed by atoms with Crippen molar-refractivity contribution in [3.05, 3.63) is 46.4 Å². The van der Waals surface area contributed by atoms with Gasteiger partial charge in [-0.15, -0.1) is 24.5 Å². The van der Waals surface area contributed by atoms with E-state index in [1.807, 2.05) is 0 Å². The summed E-state index contributed by atoms with van der Waals surface area (Å²) >= 11 is 1.34. The summed E-state index contributed by atoms with van der Waals surface area (Å²) in [4.78, 5) is 18.6. The first-order valence-electron chi connectivity index (χ1n) is 8.63. The van der Waals surface area contributed by atoms with Crippen LogP contribution in [0.2, 0.25) is 0 Å². The summed E-state index contributed by atoms with van der Waals surface area (Å²) in [6, 6.07) is 5.77. The highest BCUT2D eigenvalue weighted by molar-refractivity contribution is 7.07. The number of piperidine rings is 1. The van der Waals surface area contributed by atoms with Gasteiger partial charge < -0.3 is 15.0 Å². The van der Waals surface area contributed by atoms with E-state index in [2.05, 4.69) is 15.0 Å². The van der Waals surface area contributed by atoms with Crippen molar-refractivity contribution in [1.29, 1.82) is 0 Å². The molecule has 2 unspecified atom stereocenters. The molecule has 9 heteroatoms. The van der Waals surface area contributed by atoms with Crippen molar-refractivity contribution in [2.45, 2.75) is 12.9 Å². The second-order valence-corrected chi connectivity index (χ2v) is 7.62. The molecule has 1 aliphatic heterocycles. The molecule has 1 N–H and O–H groups in total. The lowest BCUT2D eigenvalue weighted by atomic mass is 10.1. The lowest BCUT2D eigenvalue weighted by Crippen LogP contribution is -2.34. The fourth-order valence-corrected chi connectivity index (χ4v) is 4.36. The molecule has 4 rings (SSSR count). The van der Waals surface area contributed by atoms with Crippen LogP contribution < -0.4 is 10.1 Å². The standard InChI is InChI=1S/C18H18F3N3O2S/c19-18(20,21)26-12-3-1-2-11(4-12)7-24(17(25)16-9-27-10-23-16)8-15-13-5-22-6-14(13)15/h1-4,9-10,13-15,22H,5-8H2. The van der Waals surface area contributed by atoms with Gasteiger partial charge in [0.25, 0.3) is 5.91 Å². The Labute approximate surface area is 158 Å². The molecule has 2 heterocycles. The van der Waals surface area contributed by atoms with Crippen LogP contribution in [0.4, 0.5) is 13.2 Å². The summed E-state index contributed by atoms with van der Waals surface area (Å²) in [6.07, 6.45) is -4.74. The molecular weight excluding hydrogens is 379 g/mol. The SMILES string of the molecule is O=C(c1cscn1)N(Cc1cccc(OC(F)(F)F)c1)CC1C2CNCC21. The van der Waals surface area contributed by atoms with E-state index in [0.29, 0.717) is 35.6 Å². The molecule has 0 spiro atoms. The summed E-state index contributed by atoms with van der Waals surface area (Å²) in [5.41, 5.74) is 2.55. The van der Waals surface area contributed by atoms with Crippen LogP contribution >= 0.6 is 11.3 Å². The maximum Gasteiger partial charge on any atom is 0.573 e. The number of fused-ring (bicyclic) bond motifs is 1. The Bertz CT molecular complexity index is 802. The van der Waals surface area contributed by atoms with Gasteiger partial charge in [-0.05, 0) is 48.5 Å². The molecule has 1 amide bonds. The van der Waals surface area contributed by atoms with E-state index in [4.69, 9.17) is 0 Å². The Morgan fingerprint density at radius 3 is 2.78 bits per heavy atom. The Morgan fingerprint density at radius 1 is 1.33 bits per heavy atom. The average molecular weight is 397 g/mol. The fourth-order valence-electron chi connectivity index (χ4n) is 3.83. The normalized spacial score (nSPS) is 23.7. The molecule has 1 aromatic carbocycles. The molecule has 0 radical (unpaired) electrons. The van der Waals surface area contributed by atoms with Crippen molar-refractivity contribution >= 4 is 17.2 Å². The zero-order valence-electron chi connectivity index (χ0n) is 14.3. The van der Waals surface area contributed by atoms with Gasteiger partial charge in [-0.3, -0.25) is 4.79 Å². The van der Waals surface area contributed by atoms with Crippen LogP contribution in [0.5, 0.6) is 5.75 Å². The smallest absolute Gasteiger partial charge is 0.406 e. The number of ether oxygens (including phenoxy) is 1. The molecule has 2 aromatic rings. The molecule has 144 valence electrons. The summed E-state index contributed by atoms with van der Waals surface area (Å²) in [5, 5.41) is 5.01. The molecule has 1 aliphatic carbocycles. The number of nitrogens with zero attached hydrogens (tertiary/aromatic N) is 2. The number of rotatable bonds is 6. The highest BCUT2D eigenvalue weighted by atomic mass is 32.1. The quantitative estimate of drug-likeness (QED) is 0.814. The zero-order chi connectivity index (χ0) is 19.0. The molecular formula is C18H18F3N3O2S. The maximum atomic E-state index is 12.9. The molecule has 1 aromatic heterocycles. The van der Waals surface area contributed by atoms with Crippen LogP contribution in [0.25, 0.3) is 0 Å². The van der Waals surface area contributed by atoms with Crippen LogP contribution in [0.1, 0.15) is 16.1 Å². The number of alkyl halides is 3. The lowest BCUT2D eigenvalue weighted by molar-refractivity contribution is -0.274. The Kier molecular flexibility index (Phi) is 4.81. The van der Waals surface area contributed by atoms with Gasteiger partial charge in [0.15, 0.2) is 0 Å². The van der Waals surface area contributed by atoms with Gasteiger partial charge in [-0.25, -0.2) is 4.98 Å².